The van der Waals surface area contributed by atoms with Crippen LogP contribution in [0.1, 0.15) is 45.8 Å². The molecule has 1 aromatic carbocycles. The maximum Gasteiger partial charge on any atom is 0.0855 e. The molecular formula is C16H24O. The molecule has 2 unspecified atom stereocenters. The van der Waals surface area contributed by atoms with Gasteiger partial charge in [-0.05, 0) is 24.3 Å². The van der Waals surface area contributed by atoms with E-state index < -0.39 is 6.10 Å². The van der Waals surface area contributed by atoms with Crippen LogP contribution in [0.5, 0.6) is 0 Å². The lowest BCUT2D eigenvalue weighted by atomic mass is 9.78. The Morgan fingerprint density at radius 2 is 1.76 bits per heavy atom. The van der Waals surface area contributed by atoms with Gasteiger partial charge >= 0.3 is 0 Å². The smallest absolute Gasteiger partial charge is 0.0855 e. The lowest BCUT2D eigenvalue weighted by Crippen LogP contribution is -2.20. The summed E-state index contributed by atoms with van der Waals surface area (Å²) in [5, 5.41) is 10.5. The number of aliphatic hydroxyl groups excluding tert-OH is 1. The predicted molar refractivity (Wildman–Crippen MR) is 73.8 cm³/mol. The van der Waals surface area contributed by atoms with Crippen LogP contribution in [0, 0.1) is 11.3 Å². The fraction of sp³-hybridized carbons (Fsp3) is 0.500. The summed E-state index contributed by atoms with van der Waals surface area (Å²) in [5.74, 6) is 0.123. The third kappa shape index (κ3) is 4.35. The molecule has 0 amide bonds. The van der Waals surface area contributed by atoms with Gasteiger partial charge in [-0.2, -0.15) is 0 Å². The van der Waals surface area contributed by atoms with Crippen molar-refractivity contribution in [2.45, 2.75) is 40.2 Å². The molecule has 94 valence electrons. The first-order chi connectivity index (χ1) is 7.81. The summed E-state index contributed by atoms with van der Waals surface area (Å²) < 4.78 is 0. The largest absolute Gasteiger partial charge is 0.388 e. The molecule has 0 fully saturated rings. The van der Waals surface area contributed by atoms with Gasteiger partial charge < -0.3 is 5.11 Å². The first-order valence-corrected chi connectivity index (χ1v) is 6.19. The highest BCUT2D eigenvalue weighted by Gasteiger charge is 2.26. The first-order valence-electron chi connectivity index (χ1n) is 6.19. The fourth-order valence-corrected chi connectivity index (χ4v) is 2.10. The van der Waals surface area contributed by atoms with Crippen molar-refractivity contribution in [2.75, 3.05) is 0 Å². The number of hydrogen-bond acceptors (Lipinski definition) is 1. The van der Waals surface area contributed by atoms with Crippen molar-refractivity contribution in [3.05, 3.63) is 48.0 Å². The Morgan fingerprint density at radius 1 is 1.24 bits per heavy atom. The number of rotatable bonds is 4. The summed E-state index contributed by atoms with van der Waals surface area (Å²) in [6.07, 6.45) is 0.492. The van der Waals surface area contributed by atoms with Gasteiger partial charge in [-0.25, -0.2) is 0 Å². The van der Waals surface area contributed by atoms with E-state index in [2.05, 4.69) is 27.4 Å². The molecule has 0 aromatic heterocycles. The highest BCUT2D eigenvalue weighted by molar-refractivity contribution is 5.20. The number of aliphatic hydroxyl groups is 1. The Labute approximate surface area is 105 Å². The van der Waals surface area contributed by atoms with E-state index >= 15 is 0 Å². The highest BCUT2D eigenvalue weighted by Crippen LogP contribution is 2.36. The third-order valence-electron chi connectivity index (χ3n) is 2.99. The van der Waals surface area contributed by atoms with E-state index in [-0.39, 0.29) is 11.3 Å². The van der Waals surface area contributed by atoms with Gasteiger partial charge in [0.15, 0.2) is 0 Å². The highest BCUT2D eigenvalue weighted by atomic mass is 16.3. The van der Waals surface area contributed by atoms with Gasteiger partial charge in [0, 0.05) is 5.92 Å². The normalized spacial score (nSPS) is 15.4. The van der Waals surface area contributed by atoms with Gasteiger partial charge in [0.25, 0.3) is 0 Å². The van der Waals surface area contributed by atoms with Crippen LogP contribution in [0.3, 0.4) is 0 Å². The second-order valence-electron chi connectivity index (χ2n) is 6.07. The van der Waals surface area contributed by atoms with Crippen LogP contribution in [0.15, 0.2) is 42.5 Å². The maximum atomic E-state index is 10.5. The minimum atomic E-state index is -0.451. The topological polar surface area (TPSA) is 20.2 Å². The second kappa shape index (κ2) is 5.50. The van der Waals surface area contributed by atoms with Crippen molar-refractivity contribution in [1.29, 1.82) is 0 Å². The summed E-state index contributed by atoms with van der Waals surface area (Å²) in [4.78, 5) is 0. The van der Waals surface area contributed by atoms with Crippen LogP contribution < -0.4 is 0 Å². The van der Waals surface area contributed by atoms with E-state index in [9.17, 15) is 5.11 Å². The van der Waals surface area contributed by atoms with Gasteiger partial charge in [-0.15, -0.1) is 0 Å². The Morgan fingerprint density at radius 3 is 2.18 bits per heavy atom. The molecule has 0 saturated carbocycles. The molecule has 0 heterocycles. The molecule has 1 rings (SSSR count). The summed E-state index contributed by atoms with van der Waals surface area (Å²) in [6.45, 7) is 12.6. The lowest BCUT2D eigenvalue weighted by molar-refractivity contribution is 0.100. The molecule has 0 bridgehead atoms. The Bertz CT molecular complexity index is 359. The molecular weight excluding hydrogens is 208 g/mol. The van der Waals surface area contributed by atoms with Crippen molar-refractivity contribution in [2.24, 2.45) is 11.3 Å². The zero-order chi connectivity index (χ0) is 13.1. The molecule has 0 saturated heterocycles. The van der Waals surface area contributed by atoms with Crippen LogP contribution >= 0.6 is 0 Å². The van der Waals surface area contributed by atoms with E-state index in [0.29, 0.717) is 0 Å². The molecule has 1 nitrogen and oxygen atoms in total. The molecule has 1 N–H and O–H groups in total. The SMILES string of the molecule is C=C(C)C(CC(C)(C)C)C(O)c1ccccc1. The lowest BCUT2D eigenvalue weighted by Gasteiger charge is -2.30. The molecule has 1 heteroatoms. The van der Waals surface area contributed by atoms with Gasteiger partial charge in [-0.3, -0.25) is 0 Å². The monoisotopic (exact) mass is 232 g/mol. The average Bonchev–Trinajstić information content (AvgIpc) is 2.25. The van der Waals surface area contributed by atoms with E-state index in [1.54, 1.807) is 0 Å². The Hall–Kier alpha value is -1.08. The zero-order valence-electron chi connectivity index (χ0n) is 11.4. The van der Waals surface area contributed by atoms with Crippen LogP contribution in [-0.2, 0) is 0 Å². The van der Waals surface area contributed by atoms with Crippen molar-refractivity contribution in [3.63, 3.8) is 0 Å². The molecule has 2 atom stereocenters. The van der Waals surface area contributed by atoms with Crippen LogP contribution in [-0.4, -0.2) is 5.11 Å². The molecule has 0 radical (unpaired) electrons. The summed E-state index contributed by atoms with van der Waals surface area (Å²) in [7, 11) is 0. The van der Waals surface area contributed by atoms with Gasteiger partial charge in [0.2, 0.25) is 0 Å². The number of hydrogen-bond donors (Lipinski definition) is 1. The summed E-state index contributed by atoms with van der Waals surface area (Å²) >= 11 is 0. The van der Waals surface area contributed by atoms with E-state index in [1.807, 2.05) is 37.3 Å². The van der Waals surface area contributed by atoms with E-state index in [1.165, 1.54) is 0 Å². The van der Waals surface area contributed by atoms with Crippen molar-refractivity contribution in [3.8, 4) is 0 Å². The fourth-order valence-electron chi connectivity index (χ4n) is 2.10. The average molecular weight is 232 g/mol. The molecule has 0 aliphatic carbocycles. The minimum Gasteiger partial charge on any atom is -0.388 e. The van der Waals surface area contributed by atoms with Gasteiger partial charge in [0.05, 0.1) is 6.10 Å². The quantitative estimate of drug-likeness (QED) is 0.765. The van der Waals surface area contributed by atoms with Crippen molar-refractivity contribution in [1.82, 2.24) is 0 Å². The minimum absolute atomic E-state index is 0.123. The number of benzene rings is 1. The third-order valence-corrected chi connectivity index (χ3v) is 2.99. The van der Waals surface area contributed by atoms with Crippen LogP contribution in [0.4, 0.5) is 0 Å². The van der Waals surface area contributed by atoms with Crippen molar-refractivity contribution >= 4 is 0 Å². The van der Waals surface area contributed by atoms with Gasteiger partial charge in [0.1, 0.15) is 0 Å². The van der Waals surface area contributed by atoms with E-state index in [4.69, 9.17) is 0 Å². The molecule has 0 aliphatic heterocycles. The molecule has 1 aromatic rings. The molecule has 0 aliphatic rings. The summed E-state index contributed by atoms with van der Waals surface area (Å²) in [5.41, 5.74) is 2.22. The van der Waals surface area contributed by atoms with Crippen molar-refractivity contribution < 1.29 is 5.11 Å². The van der Waals surface area contributed by atoms with Crippen LogP contribution in [0.2, 0.25) is 0 Å². The Kier molecular flexibility index (Phi) is 4.53. The molecule has 17 heavy (non-hydrogen) atoms. The van der Waals surface area contributed by atoms with E-state index in [0.717, 1.165) is 17.6 Å². The predicted octanol–water partition coefficient (Wildman–Crippen LogP) is 4.35. The van der Waals surface area contributed by atoms with Crippen LogP contribution in [0.25, 0.3) is 0 Å². The first kappa shape index (κ1) is 14.0. The summed E-state index contributed by atoms with van der Waals surface area (Å²) in [6, 6.07) is 9.85. The zero-order valence-corrected chi connectivity index (χ0v) is 11.4. The maximum absolute atomic E-state index is 10.5. The molecule has 0 spiro atoms. The second-order valence-corrected chi connectivity index (χ2v) is 6.07. The van der Waals surface area contributed by atoms with Gasteiger partial charge in [-0.1, -0.05) is 63.3 Å². The Balaban J connectivity index is 2.89. The standard InChI is InChI=1S/C16H24O/c1-12(2)14(11-16(3,4)5)15(17)13-9-7-6-8-10-13/h6-10,14-15,17H,1,11H2,2-5H3.